The van der Waals surface area contributed by atoms with Crippen molar-refractivity contribution in [3.8, 4) is 22.8 Å². The van der Waals surface area contributed by atoms with Crippen LogP contribution in [0.15, 0.2) is 76.9 Å². The normalized spacial score (nSPS) is 16.7. The largest absolute Gasteiger partial charge is 0.513 e. The Kier molecular flexibility index (Phi) is 11.1. The summed E-state index contributed by atoms with van der Waals surface area (Å²) < 4.78 is 75.2. The number of ether oxygens (including phenoxy) is 5. The third-order valence-corrected chi connectivity index (χ3v) is 9.00. The van der Waals surface area contributed by atoms with Gasteiger partial charge in [0.25, 0.3) is 5.91 Å². The van der Waals surface area contributed by atoms with E-state index in [1.54, 1.807) is 56.3 Å². The number of halogens is 1. The number of allylic oxidation sites excluding steroid dienone is 1. The Morgan fingerprint density at radius 1 is 1.06 bits per heavy atom. The maximum atomic E-state index is 13.3. The Bertz CT molecular complexity index is 2030. The van der Waals surface area contributed by atoms with E-state index >= 15 is 0 Å². The summed E-state index contributed by atoms with van der Waals surface area (Å²) in [5.74, 6) is 0.676. The van der Waals surface area contributed by atoms with Crippen LogP contribution in [0.5, 0.6) is 11.5 Å². The number of nitrogens with one attached hydrogen (secondary N) is 1. The number of amides is 1. The number of fused-ring (bicyclic) bond motifs is 2. The van der Waals surface area contributed by atoms with Gasteiger partial charge in [0.1, 0.15) is 47.1 Å². The predicted octanol–water partition coefficient (Wildman–Crippen LogP) is 7.49. The van der Waals surface area contributed by atoms with Crippen LogP contribution >= 0.6 is 0 Å². The Morgan fingerprint density at radius 2 is 1.71 bits per heavy atom. The minimum atomic E-state index is -3.87. The molecule has 4 aromatic rings. The summed E-state index contributed by atoms with van der Waals surface area (Å²) in [4.78, 5) is 25.8. The number of hydrogen-bond donors (Lipinski definition) is 1. The average molecular weight is 725 g/mol. The molecule has 0 fully saturated rings. The molecule has 1 aromatic heterocycles. The molecule has 14 heteroatoms. The summed E-state index contributed by atoms with van der Waals surface area (Å²) in [6, 6.07) is 15.7. The summed E-state index contributed by atoms with van der Waals surface area (Å²) >= 11 is 0. The molecule has 1 aliphatic heterocycles. The van der Waals surface area contributed by atoms with Crippen molar-refractivity contribution < 1.29 is 50.5 Å². The first-order chi connectivity index (χ1) is 24.0. The second-order valence-electron chi connectivity index (χ2n) is 13.0. The van der Waals surface area contributed by atoms with Gasteiger partial charge in [0.15, 0.2) is 0 Å². The Balaban J connectivity index is 1.41. The first-order valence-corrected chi connectivity index (χ1v) is 18.0. The lowest BCUT2D eigenvalue weighted by molar-refractivity contribution is -0.0368. The second-order valence-corrected chi connectivity index (χ2v) is 14.9. The van der Waals surface area contributed by atoms with Gasteiger partial charge in [-0.2, -0.15) is 0 Å². The molecule has 0 radical (unpaired) electrons. The van der Waals surface area contributed by atoms with E-state index in [-0.39, 0.29) is 53.8 Å². The molecular formula is C37H41FN2O10S. The molecule has 1 aliphatic rings. The molecule has 12 nitrogen and oxygen atoms in total. The average Bonchev–Trinajstić information content (AvgIpc) is 3.36. The quantitative estimate of drug-likeness (QED) is 0.129. The van der Waals surface area contributed by atoms with Crippen molar-refractivity contribution in [2.45, 2.75) is 52.4 Å². The molecule has 0 unspecified atom stereocenters. The van der Waals surface area contributed by atoms with E-state index < -0.39 is 34.3 Å². The van der Waals surface area contributed by atoms with Crippen LogP contribution in [-0.4, -0.2) is 65.2 Å². The Labute approximate surface area is 296 Å². The van der Waals surface area contributed by atoms with Gasteiger partial charge in [-0.15, -0.1) is 0 Å². The van der Waals surface area contributed by atoms with Gasteiger partial charge >= 0.3 is 6.16 Å². The molecule has 5 rings (SSSR count). The smallest absolute Gasteiger partial charge is 0.457 e. The Morgan fingerprint density at radius 3 is 2.31 bits per heavy atom. The van der Waals surface area contributed by atoms with E-state index in [1.807, 2.05) is 20.8 Å². The van der Waals surface area contributed by atoms with E-state index in [9.17, 15) is 22.4 Å². The van der Waals surface area contributed by atoms with Gasteiger partial charge in [0, 0.05) is 29.6 Å². The van der Waals surface area contributed by atoms with E-state index in [0.29, 0.717) is 33.7 Å². The molecule has 0 saturated heterocycles. The highest BCUT2D eigenvalue weighted by atomic mass is 32.2. The number of carbonyl (C=O) groups excluding carboxylic acids is 2. The SMILES string of the molecule is CNC(=O)c1c(-c2ccc(Oc3ccc(F)cc3)cc2)oc2cc3c(cc12)[C@H](C)O[C@H](COC(=O)O/C(C)=C/COC(C)(C)C)CN3S(C)(=O)=O. The fourth-order valence-electron chi connectivity index (χ4n) is 5.42. The number of furan rings is 1. The molecule has 0 spiro atoms. The highest BCUT2D eigenvalue weighted by Gasteiger charge is 2.34. The molecule has 1 N–H and O–H groups in total. The zero-order valence-corrected chi connectivity index (χ0v) is 30.3. The van der Waals surface area contributed by atoms with Crippen molar-refractivity contribution in [2.75, 3.05) is 37.4 Å². The molecule has 0 bridgehead atoms. The molecule has 51 heavy (non-hydrogen) atoms. The molecule has 2 heterocycles. The van der Waals surface area contributed by atoms with Crippen molar-refractivity contribution >= 4 is 38.7 Å². The van der Waals surface area contributed by atoms with E-state index in [1.165, 1.54) is 35.6 Å². The first kappa shape index (κ1) is 37.3. The first-order valence-electron chi connectivity index (χ1n) is 16.2. The van der Waals surface area contributed by atoms with Gasteiger partial charge in [0.05, 0.1) is 42.4 Å². The standard InChI is InChI=1S/C37H41FN2O10S/c1-22(16-17-46-37(3,4)5)47-36(42)45-21-28-20-40(51(7,43)44)31-19-32-30(18-29(31)23(2)48-28)33(35(41)39-6)34(50-32)24-8-12-26(13-9-24)49-27-14-10-25(38)11-15-27/h8-16,18-19,23,28H,17,20-21H2,1-7H3,(H,39,41)/b22-16+/t23-,28-/m0/s1. The van der Waals surface area contributed by atoms with Gasteiger partial charge in [-0.25, -0.2) is 17.6 Å². The molecule has 1 amide bonds. The number of sulfonamides is 1. The third kappa shape index (κ3) is 9.25. The number of rotatable bonds is 10. The fourth-order valence-corrected chi connectivity index (χ4v) is 6.38. The minimum absolute atomic E-state index is 0.172. The Hall–Kier alpha value is -4.92. The van der Waals surface area contributed by atoms with Crippen LogP contribution < -0.4 is 14.4 Å². The highest BCUT2D eigenvalue weighted by Crippen LogP contribution is 2.42. The summed E-state index contributed by atoms with van der Waals surface area (Å²) in [7, 11) is -2.38. The lowest BCUT2D eigenvalue weighted by Crippen LogP contribution is -2.39. The number of hydrogen-bond acceptors (Lipinski definition) is 10. The second kappa shape index (κ2) is 15.1. The fraction of sp³-hybridized carbons (Fsp3) is 0.351. The number of nitrogens with zero attached hydrogens (tertiary/aromatic N) is 1. The maximum absolute atomic E-state index is 13.3. The van der Waals surface area contributed by atoms with Crippen LogP contribution in [0.25, 0.3) is 22.3 Å². The zero-order chi connectivity index (χ0) is 37.1. The van der Waals surface area contributed by atoms with Gasteiger partial charge in [-0.1, -0.05) is 0 Å². The molecule has 2 atom stereocenters. The summed E-state index contributed by atoms with van der Waals surface area (Å²) in [5, 5.41) is 3.10. The van der Waals surface area contributed by atoms with Crippen LogP contribution in [0.1, 0.15) is 56.6 Å². The zero-order valence-electron chi connectivity index (χ0n) is 29.4. The van der Waals surface area contributed by atoms with Crippen LogP contribution in [0.4, 0.5) is 14.9 Å². The summed E-state index contributed by atoms with van der Waals surface area (Å²) in [6.07, 6.45) is 0.149. The van der Waals surface area contributed by atoms with Crippen molar-refractivity contribution in [1.29, 1.82) is 0 Å². The molecule has 272 valence electrons. The molecule has 0 aliphatic carbocycles. The number of carbonyl (C=O) groups is 2. The lowest BCUT2D eigenvalue weighted by Gasteiger charge is -2.24. The van der Waals surface area contributed by atoms with Crippen molar-refractivity contribution in [3.05, 3.63) is 89.4 Å². The van der Waals surface area contributed by atoms with Crippen LogP contribution in [-0.2, 0) is 29.0 Å². The lowest BCUT2D eigenvalue weighted by atomic mass is 10.0. The van der Waals surface area contributed by atoms with Crippen LogP contribution in [0.2, 0.25) is 0 Å². The van der Waals surface area contributed by atoms with Crippen molar-refractivity contribution in [1.82, 2.24) is 5.32 Å². The third-order valence-electron chi connectivity index (χ3n) is 7.85. The summed E-state index contributed by atoms with van der Waals surface area (Å²) in [5.41, 5.74) is 1.49. The number of benzene rings is 3. The molecule has 3 aromatic carbocycles. The van der Waals surface area contributed by atoms with Gasteiger partial charge < -0.3 is 33.4 Å². The van der Waals surface area contributed by atoms with Gasteiger partial charge in [0.2, 0.25) is 10.0 Å². The minimum Gasteiger partial charge on any atom is -0.457 e. The molecule has 0 saturated carbocycles. The predicted molar refractivity (Wildman–Crippen MR) is 189 cm³/mol. The van der Waals surface area contributed by atoms with Crippen molar-refractivity contribution in [3.63, 3.8) is 0 Å². The van der Waals surface area contributed by atoms with Gasteiger partial charge in [-0.05, 0) is 95.3 Å². The monoisotopic (exact) mass is 724 g/mol. The topological polar surface area (TPSA) is 143 Å². The van der Waals surface area contributed by atoms with E-state index in [2.05, 4.69) is 5.32 Å². The van der Waals surface area contributed by atoms with Crippen molar-refractivity contribution in [2.24, 2.45) is 0 Å². The van der Waals surface area contributed by atoms with E-state index in [4.69, 9.17) is 28.1 Å². The highest BCUT2D eigenvalue weighted by molar-refractivity contribution is 7.92. The number of anilines is 1. The van der Waals surface area contributed by atoms with Crippen LogP contribution in [0.3, 0.4) is 0 Å². The van der Waals surface area contributed by atoms with Gasteiger partial charge in [-0.3, -0.25) is 9.10 Å². The maximum Gasteiger partial charge on any atom is 0.513 e. The summed E-state index contributed by atoms with van der Waals surface area (Å²) in [6.45, 7) is 8.82. The van der Waals surface area contributed by atoms with Crippen LogP contribution in [0, 0.1) is 5.82 Å². The molecular weight excluding hydrogens is 683 g/mol. The van der Waals surface area contributed by atoms with E-state index in [0.717, 1.165) is 6.26 Å².